The Bertz CT molecular complexity index is 1180. The van der Waals surface area contributed by atoms with Gasteiger partial charge in [0.2, 0.25) is 11.8 Å². The Morgan fingerprint density at radius 1 is 0.936 bits per heavy atom. The molecule has 0 saturated heterocycles. The first kappa shape index (κ1) is 42.8. The van der Waals surface area contributed by atoms with Crippen LogP contribution in [0, 0.1) is 17.3 Å². The molecule has 0 spiro atoms. The highest BCUT2D eigenvalue weighted by Gasteiger charge is 2.39. The average Bonchev–Trinajstić information content (AvgIpc) is 2.94. The van der Waals surface area contributed by atoms with Gasteiger partial charge < -0.3 is 29.9 Å². The third-order valence-corrected chi connectivity index (χ3v) is 13.6. The number of hydrogen-bond acceptors (Lipinski definition) is 6. The molecule has 1 aromatic carbocycles. The average molecular weight is 741 g/mol. The second-order valence-corrected chi connectivity index (χ2v) is 20.6. The van der Waals surface area contributed by atoms with E-state index < -0.39 is 8.32 Å². The first-order chi connectivity index (χ1) is 21.8. The lowest BCUT2D eigenvalue weighted by Crippen LogP contribution is -2.44. The maximum atomic E-state index is 13.0. The molecule has 0 heterocycles. The molecule has 0 bridgehead atoms. The van der Waals surface area contributed by atoms with Gasteiger partial charge in [-0.1, -0.05) is 68.4 Å². The van der Waals surface area contributed by atoms with Crippen molar-refractivity contribution >= 4 is 47.7 Å². The van der Waals surface area contributed by atoms with Crippen molar-refractivity contribution in [2.75, 3.05) is 44.8 Å². The zero-order chi connectivity index (χ0) is 35.8. The Balaban J connectivity index is 2.61. The molecule has 0 aliphatic rings. The summed E-state index contributed by atoms with van der Waals surface area (Å²) in [6, 6.07) is 6.22. The van der Waals surface area contributed by atoms with Crippen LogP contribution in [-0.4, -0.2) is 65.6 Å². The van der Waals surface area contributed by atoms with Crippen LogP contribution in [0.25, 0.3) is 0 Å². The maximum Gasteiger partial charge on any atom is 0.258 e. The Labute approximate surface area is 294 Å². The summed E-state index contributed by atoms with van der Waals surface area (Å²) >= 11 is 3.11. The molecule has 0 radical (unpaired) electrons. The number of amides is 3. The number of benzene rings is 1. The molecule has 11 heteroatoms. The van der Waals surface area contributed by atoms with E-state index in [0.717, 1.165) is 19.3 Å². The normalized spacial score (nSPS) is 13.9. The number of rotatable bonds is 20. The molecule has 3 N–H and O–H groups in total. The van der Waals surface area contributed by atoms with Crippen LogP contribution in [-0.2, 0) is 30.3 Å². The number of hydrogen-bond donors (Lipinski definition) is 3. The second-order valence-electron chi connectivity index (χ2n) is 15.1. The molecule has 268 valence electrons. The molecule has 47 heavy (non-hydrogen) atoms. The summed E-state index contributed by atoms with van der Waals surface area (Å²) in [6.45, 7) is 26.5. The number of carbonyl (C=O) groups is 3. The molecule has 0 fully saturated rings. The van der Waals surface area contributed by atoms with E-state index in [-0.39, 0.29) is 45.7 Å². The fraction of sp³-hybridized carbons (Fsp3) is 0.694. The highest BCUT2D eigenvalue weighted by Crippen LogP contribution is 2.40. The topological polar surface area (TPSA) is 115 Å². The third-order valence-electron chi connectivity index (χ3n) is 8.71. The van der Waals surface area contributed by atoms with E-state index in [0.29, 0.717) is 56.2 Å². The lowest BCUT2D eigenvalue weighted by atomic mass is 9.76. The van der Waals surface area contributed by atoms with E-state index in [1.165, 1.54) is 11.6 Å². The number of nitrogens with one attached hydrogen (secondary N) is 3. The van der Waals surface area contributed by atoms with E-state index in [1.54, 1.807) is 0 Å². The van der Waals surface area contributed by atoms with Gasteiger partial charge in [0.1, 0.15) is 5.75 Å². The van der Waals surface area contributed by atoms with Gasteiger partial charge in [0.25, 0.3) is 14.2 Å². The first-order valence-corrected chi connectivity index (χ1v) is 20.7. The molecular formula is C36H62BrN3O6Si. The second kappa shape index (κ2) is 20.3. The van der Waals surface area contributed by atoms with Crippen molar-refractivity contribution in [3.63, 3.8) is 0 Å². The molecule has 2 atom stereocenters. The molecule has 0 aliphatic carbocycles. The lowest BCUT2D eigenvalue weighted by molar-refractivity contribution is -0.119. The van der Waals surface area contributed by atoms with Crippen LogP contribution < -0.4 is 20.4 Å². The van der Waals surface area contributed by atoms with Crippen LogP contribution in [0.1, 0.15) is 87.1 Å². The minimum Gasteiger partial charge on any atom is -0.542 e. The fourth-order valence-corrected chi connectivity index (χ4v) is 5.64. The molecule has 3 amide bonds. The minimum absolute atomic E-state index is 0.0201. The number of ether oxygens (including phenoxy) is 2. The van der Waals surface area contributed by atoms with E-state index in [4.69, 9.17) is 13.9 Å². The molecule has 1 rings (SSSR count). The summed E-state index contributed by atoms with van der Waals surface area (Å²) in [5, 5.41) is 8.47. The van der Waals surface area contributed by atoms with Crippen LogP contribution in [0.3, 0.4) is 0 Å². The summed E-state index contributed by atoms with van der Waals surface area (Å²) in [7, 11) is -2.13. The van der Waals surface area contributed by atoms with E-state index in [2.05, 4.69) is 112 Å². The van der Waals surface area contributed by atoms with Crippen molar-refractivity contribution in [1.82, 2.24) is 10.6 Å². The quantitative estimate of drug-likeness (QED) is 0.0721. The fourth-order valence-electron chi connectivity index (χ4n) is 4.26. The number of anilines is 1. The molecular weight excluding hydrogens is 678 g/mol. The molecule has 0 aromatic heterocycles. The van der Waals surface area contributed by atoms with Gasteiger partial charge in [0, 0.05) is 19.2 Å². The van der Waals surface area contributed by atoms with Crippen molar-refractivity contribution < 1.29 is 28.3 Å². The summed E-state index contributed by atoms with van der Waals surface area (Å²) in [6.07, 6.45) is 4.28. The Kier molecular flexibility index (Phi) is 18.5. The Morgan fingerprint density at radius 2 is 1.57 bits per heavy atom. The van der Waals surface area contributed by atoms with Crippen LogP contribution in [0.15, 0.2) is 28.8 Å². The molecule has 0 saturated carbocycles. The van der Waals surface area contributed by atoms with Crippen molar-refractivity contribution in [2.24, 2.45) is 17.3 Å². The van der Waals surface area contributed by atoms with Crippen molar-refractivity contribution in [3.05, 3.63) is 34.3 Å². The van der Waals surface area contributed by atoms with Gasteiger partial charge >= 0.3 is 0 Å². The first-order valence-electron chi connectivity index (χ1n) is 17.0. The summed E-state index contributed by atoms with van der Waals surface area (Å²) in [5.41, 5.74) is 2.16. The standard InChI is InChI=1S/C36H62BrN3O6Si/c1-12-16-39-34(43)29(37)25-33(42)38-17-19-45-21-20-44-18-15-32(41)40-30-24-28(23-26(2)22-27(3)35(4,5)6)13-14-31(30)46-47(10,11)36(7,8)9/h13-14,24-27H,12,15-23H2,1-11H3,(H,38,42)(H,39,43)(H,40,41)/b29-25+/t26-,27?/m1/s1. The van der Waals surface area contributed by atoms with Gasteiger partial charge in [-0.3, -0.25) is 14.4 Å². The van der Waals surface area contributed by atoms with Gasteiger partial charge in [0.05, 0.1) is 43.0 Å². The van der Waals surface area contributed by atoms with Gasteiger partial charge in [0.15, 0.2) is 0 Å². The monoisotopic (exact) mass is 739 g/mol. The third kappa shape index (κ3) is 17.1. The summed E-state index contributed by atoms with van der Waals surface area (Å²) in [4.78, 5) is 36.7. The highest BCUT2D eigenvalue weighted by molar-refractivity contribution is 9.12. The van der Waals surface area contributed by atoms with Crippen LogP contribution in [0.5, 0.6) is 5.75 Å². The molecule has 1 aromatic rings. The zero-order valence-corrected chi connectivity index (χ0v) is 33.4. The highest BCUT2D eigenvalue weighted by atomic mass is 79.9. The van der Waals surface area contributed by atoms with Crippen molar-refractivity contribution in [2.45, 2.75) is 106 Å². The van der Waals surface area contributed by atoms with Crippen LogP contribution in [0.2, 0.25) is 18.1 Å². The molecule has 0 aliphatic heterocycles. The largest absolute Gasteiger partial charge is 0.542 e. The van der Waals surface area contributed by atoms with Crippen LogP contribution in [0.4, 0.5) is 5.69 Å². The smallest absolute Gasteiger partial charge is 0.258 e. The molecule has 1 unspecified atom stereocenters. The van der Waals surface area contributed by atoms with Crippen LogP contribution >= 0.6 is 15.9 Å². The minimum atomic E-state index is -2.13. The predicted octanol–water partition coefficient (Wildman–Crippen LogP) is 7.60. The lowest BCUT2D eigenvalue weighted by Gasteiger charge is -2.37. The number of carbonyl (C=O) groups excluding carboxylic acids is 3. The summed E-state index contributed by atoms with van der Waals surface area (Å²) in [5.74, 6) is 0.974. The summed E-state index contributed by atoms with van der Waals surface area (Å²) < 4.78 is 17.9. The Hall–Kier alpha value is -2.21. The number of halogens is 1. The van der Waals surface area contributed by atoms with E-state index in [9.17, 15) is 14.4 Å². The molecule has 9 nitrogen and oxygen atoms in total. The SMILES string of the molecule is CCCNC(=O)/C(Br)=C\C(=O)NCCOCCOCCC(=O)Nc1cc(C[C@H](C)CC(C)C(C)(C)C)ccc1O[Si](C)(C)C(C)(C)C. The Morgan fingerprint density at radius 3 is 2.17 bits per heavy atom. The van der Waals surface area contributed by atoms with E-state index >= 15 is 0 Å². The maximum absolute atomic E-state index is 13.0. The van der Waals surface area contributed by atoms with Gasteiger partial charge in [-0.2, -0.15) is 0 Å². The van der Waals surface area contributed by atoms with Gasteiger partial charge in [-0.05, 0) is 88.3 Å². The predicted molar refractivity (Wildman–Crippen MR) is 199 cm³/mol. The van der Waals surface area contributed by atoms with Crippen molar-refractivity contribution in [3.8, 4) is 5.75 Å². The van der Waals surface area contributed by atoms with Gasteiger partial charge in [-0.15, -0.1) is 0 Å². The zero-order valence-electron chi connectivity index (χ0n) is 30.9. The van der Waals surface area contributed by atoms with Crippen molar-refractivity contribution in [1.29, 1.82) is 0 Å². The van der Waals surface area contributed by atoms with Gasteiger partial charge in [-0.25, -0.2) is 0 Å². The van der Waals surface area contributed by atoms with E-state index in [1.807, 2.05) is 13.0 Å².